The Bertz CT molecular complexity index is 998. The fraction of sp³-hybridized carbons (Fsp3) is 0.364. The normalized spacial score (nSPS) is 18.5. The van der Waals surface area contributed by atoms with E-state index in [-0.39, 0.29) is 12.7 Å². The van der Waals surface area contributed by atoms with Crippen molar-refractivity contribution in [2.75, 3.05) is 33.0 Å². The van der Waals surface area contributed by atoms with E-state index in [0.29, 0.717) is 41.2 Å². The lowest BCUT2D eigenvalue weighted by Gasteiger charge is -2.29. The molecule has 31 heavy (non-hydrogen) atoms. The highest BCUT2D eigenvalue weighted by atomic mass is 35.5. The number of hydrogen-bond donors (Lipinski definition) is 1. The number of benzene rings is 2. The third kappa shape index (κ3) is 5.23. The Morgan fingerprint density at radius 3 is 2.81 bits per heavy atom. The summed E-state index contributed by atoms with van der Waals surface area (Å²) in [5.74, 6) is 0.220. The topological polar surface area (TPSA) is 80.6 Å². The molecule has 2 aromatic carbocycles. The number of halogens is 2. The van der Waals surface area contributed by atoms with Crippen molar-refractivity contribution >= 4 is 35.4 Å². The zero-order valence-corrected chi connectivity index (χ0v) is 18.2. The highest BCUT2D eigenvalue weighted by Crippen LogP contribution is 2.40. The molecule has 0 aliphatic carbocycles. The van der Waals surface area contributed by atoms with Crippen LogP contribution in [0.15, 0.2) is 35.5 Å². The Morgan fingerprint density at radius 1 is 1.23 bits per heavy atom. The lowest BCUT2D eigenvalue weighted by molar-refractivity contribution is -0.143. The molecule has 9 heteroatoms. The number of carbonyl (C=O) groups is 1. The van der Waals surface area contributed by atoms with E-state index in [1.54, 1.807) is 18.3 Å². The van der Waals surface area contributed by atoms with Gasteiger partial charge < -0.3 is 19.4 Å². The molecule has 0 bridgehead atoms. The van der Waals surface area contributed by atoms with Crippen molar-refractivity contribution in [1.29, 1.82) is 0 Å². The van der Waals surface area contributed by atoms with Gasteiger partial charge in [0.2, 0.25) is 6.79 Å². The van der Waals surface area contributed by atoms with E-state index < -0.39 is 5.97 Å². The summed E-state index contributed by atoms with van der Waals surface area (Å²) in [4.78, 5) is 18.7. The summed E-state index contributed by atoms with van der Waals surface area (Å²) in [6.07, 6.45) is 3.21. The van der Waals surface area contributed by atoms with Crippen molar-refractivity contribution in [3.05, 3.63) is 45.9 Å². The van der Waals surface area contributed by atoms with Gasteiger partial charge in [-0.2, -0.15) is 0 Å². The Morgan fingerprint density at radius 2 is 2.03 bits per heavy atom. The van der Waals surface area contributed by atoms with Crippen molar-refractivity contribution < 1.29 is 24.2 Å². The number of aliphatic carboxylic acids is 1. The van der Waals surface area contributed by atoms with Crippen molar-refractivity contribution in [3.63, 3.8) is 0 Å². The van der Waals surface area contributed by atoms with Crippen LogP contribution in [0, 0.1) is 5.92 Å². The van der Waals surface area contributed by atoms with Gasteiger partial charge in [-0.15, -0.1) is 0 Å². The molecular formula is C22H22Cl2N2O5. The van der Waals surface area contributed by atoms with E-state index >= 15 is 0 Å². The maximum absolute atomic E-state index is 11.2. The van der Waals surface area contributed by atoms with E-state index in [2.05, 4.69) is 10.1 Å². The number of carboxylic acid groups (broad SMARTS) is 1. The Hall–Kier alpha value is -2.48. The molecular weight excluding hydrogens is 443 g/mol. The van der Waals surface area contributed by atoms with Crippen LogP contribution in [-0.2, 0) is 9.63 Å². The first kappa shape index (κ1) is 21.7. The first-order valence-electron chi connectivity index (χ1n) is 10.0. The number of likely N-dealkylation sites (tertiary alicyclic amines) is 1. The van der Waals surface area contributed by atoms with Gasteiger partial charge >= 0.3 is 5.97 Å². The summed E-state index contributed by atoms with van der Waals surface area (Å²) in [6, 6.07) is 8.99. The van der Waals surface area contributed by atoms with Gasteiger partial charge in [0.15, 0.2) is 11.5 Å². The second-order valence-electron chi connectivity index (χ2n) is 7.46. The highest BCUT2D eigenvalue weighted by molar-refractivity contribution is 6.36. The van der Waals surface area contributed by atoms with Crippen LogP contribution >= 0.6 is 23.2 Å². The number of piperidine rings is 1. The number of rotatable bonds is 7. The molecule has 2 aliphatic heterocycles. The molecule has 0 radical (unpaired) electrons. The third-order valence-electron chi connectivity index (χ3n) is 5.39. The van der Waals surface area contributed by atoms with E-state index in [0.717, 1.165) is 36.1 Å². The van der Waals surface area contributed by atoms with Crippen molar-refractivity contribution in [3.8, 4) is 22.6 Å². The monoisotopic (exact) mass is 464 g/mol. The second kappa shape index (κ2) is 9.77. The molecule has 7 nitrogen and oxygen atoms in total. The summed E-state index contributed by atoms with van der Waals surface area (Å²) in [6.45, 7) is 2.57. The van der Waals surface area contributed by atoms with E-state index in [4.69, 9.17) is 37.5 Å². The SMILES string of the molecule is O=C(O)C1CCCN(CCO/N=C/c2cc3c(cc2-c2ccc(Cl)cc2Cl)OCO3)C1. The molecule has 2 heterocycles. The number of fused-ring (bicyclic) bond motifs is 1. The van der Waals surface area contributed by atoms with Crippen LogP contribution in [0.5, 0.6) is 11.5 Å². The van der Waals surface area contributed by atoms with E-state index in [9.17, 15) is 9.90 Å². The number of ether oxygens (including phenoxy) is 2. The smallest absolute Gasteiger partial charge is 0.307 e. The maximum Gasteiger partial charge on any atom is 0.307 e. The van der Waals surface area contributed by atoms with Crippen molar-refractivity contribution in [1.82, 2.24) is 4.90 Å². The van der Waals surface area contributed by atoms with Gasteiger partial charge in [-0.25, -0.2) is 0 Å². The molecule has 1 fully saturated rings. The average molecular weight is 465 g/mol. The summed E-state index contributed by atoms with van der Waals surface area (Å²) < 4.78 is 11.0. The number of nitrogens with zero attached hydrogens (tertiary/aromatic N) is 2. The van der Waals surface area contributed by atoms with Crippen LogP contribution in [-0.4, -0.2) is 55.2 Å². The third-order valence-corrected chi connectivity index (χ3v) is 5.93. The maximum atomic E-state index is 11.2. The molecule has 1 atom stereocenters. The van der Waals surface area contributed by atoms with Crippen molar-refractivity contribution in [2.24, 2.45) is 11.1 Å². The van der Waals surface area contributed by atoms with Crippen LogP contribution in [0.2, 0.25) is 10.0 Å². The van der Waals surface area contributed by atoms with E-state index in [1.807, 2.05) is 18.2 Å². The predicted molar refractivity (Wildman–Crippen MR) is 118 cm³/mol. The average Bonchev–Trinajstić information content (AvgIpc) is 3.20. The lowest BCUT2D eigenvalue weighted by Crippen LogP contribution is -2.40. The first-order valence-corrected chi connectivity index (χ1v) is 10.8. The Balaban J connectivity index is 1.44. The van der Waals surface area contributed by atoms with Gasteiger partial charge in [0.05, 0.1) is 12.1 Å². The molecule has 0 saturated carbocycles. The second-order valence-corrected chi connectivity index (χ2v) is 8.31. The molecule has 1 unspecified atom stereocenters. The summed E-state index contributed by atoms with van der Waals surface area (Å²) in [5, 5.41) is 14.4. The molecule has 2 aliphatic rings. The Kier molecular flexibility index (Phi) is 6.85. The van der Waals surface area contributed by atoms with Gasteiger partial charge in [-0.3, -0.25) is 9.69 Å². The van der Waals surface area contributed by atoms with Gasteiger partial charge in [-0.05, 0) is 49.2 Å². The summed E-state index contributed by atoms with van der Waals surface area (Å²) >= 11 is 12.4. The summed E-state index contributed by atoms with van der Waals surface area (Å²) in [7, 11) is 0. The van der Waals surface area contributed by atoms with Gasteiger partial charge in [0.1, 0.15) is 6.61 Å². The fourth-order valence-corrected chi connectivity index (χ4v) is 4.29. The molecule has 0 aromatic heterocycles. The lowest BCUT2D eigenvalue weighted by atomic mass is 9.98. The molecule has 1 saturated heterocycles. The highest BCUT2D eigenvalue weighted by Gasteiger charge is 2.25. The zero-order chi connectivity index (χ0) is 21.8. The minimum Gasteiger partial charge on any atom is -0.481 e. The molecule has 0 spiro atoms. The first-order chi connectivity index (χ1) is 15.0. The molecule has 164 valence electrons. The van der Waals surface area contributed by atoms with Crippen LogP contribution in [0.25, 0.3) is 11.1 Å². The van der Waals surface area contributed by atoms with Crippen molar-refractivity contribution in [2.45, 2.75) is 12.8 Å². The zero-order valence-electron chi connectivity index (χ0n) is 16.7. The standard InChI is InChI=1S/C22H22Cl2N2O5/c23-16-3-4-17(19(24)9-16)18-10-21-20(29-13-30-21)8-15(18)11-25-31-7-6-26-5-1-2-14(12-26)22(27)28/h3-4,8-11,14H,1-2,5-7,12-13H2,(H,27,28)/b25-11+. The minimum atomic E-state index is -0.736. The Labute approximate surface area is 190 Å². The quantitative estimate of drug-likeness (QED) is 0.368. The predicted octanol–water partition coefficient (Wildman–Crippen LogP) is 4.54. The van der Waals surface area contributed by atoms with Crippen LogP contribution < -0.4 is 9.47 Å². The van der Waals surface area contributed by atoms with Gasteiger partial charge in [-0.1, -0.05) is 34.4 Å². The largest absolute Gasteiger partial charge is 0.481 e. The number of hydrogen-bond acceptors (Lipinski definition) is 6. The number of oxime groups is 1. The summed E-state index contributed by atoms with van der Waals surface area (Å²) in [5.41, 5.74) is 2.37. The van der Waals surface area contributed by atoms with Crippen LogP contribution in [0.4, 0.5) is 0 Å². The van der Waals surface area contributed by atoms with E-state index in [1.165, 1.54) is 0 Å². The minimum absolute atomic E-state index is 0.160. The molecule has 4 rings (SSSR count). The van der Waals surface area contributed by atoms with Gasteiger partial charge in [0.25, 0.3) is 0 Å². The molecule has 2 aromatic rings. The fourth-order valence-electron chi connectivity index (χ4n) is 3.78. The van der Waals surface area contributed by atoms with Gasteiger partial charge in [0, 0.05) is 34.3 Å². The molecule has 0 amide bonds. The molecule has 1 N–H and O–H groups in total. The number of carboxylic acids is 1. The van der Waals surface area contributed by atoms with Crippen LogP contribution in [0.1, 0.15) is 18.4 Å². The van der Waals surface area contributed by atoms with Crippen LogP contribution in [0.3, 0.4) is 0 Å².